The van der Waals surface area contributed by atoms with Gasteiger partial charge in [0.15, 0.2) is 11.6 Å². The Bertz CT molecular complexity index is 474. The van der Waals surface area contributed by atoms with Crippen molar-refractivity contribution in [3.63, 3.8) is 0 Å². The number of Topliss-reactive ketones (excluding diaryl/α,β-unsaturated/α-hetero) is 1. The summed E-state index contributed by atoms with van der Waals surface area (Å²) in [4.78, 5) is 14.6. The maximum absolute atomic E-state index is 13.4. The summed E-state index contributed by atoms with van der Waals surface area (Å²) >= 11 is 0. The lowest BCUT2D eigenvalue weighted by Crippen LogP contribution is -2.39. The maximum Gasteiger partial charge on any atom is 0.176 e. The van der Waals surface area contributed by atoms with E-state index in [0.29, 0.717) is 5.06 Å². The smallest absolute Gasteiger partial charge is 0.176 e. The molecule has 16 heavy (non-hydrogen) atoms. The highest BCUT2D eigenvalue weighted by Crippen LogP contribution is 2.14. The molecule has 0 atom stereocenters. The van der Waals surface area contributed by atoms with Crippen LogP contribution in [0.4, 0.5) is 8.78 Å². The summed E-state index contributed by atoms with van der Waals surface area (Å²) in [6, 6.07) is 2.83. The predicted octanol–water partition coefficient (Wildman–Crippen LogP) is 0.985. The maximum atomic E-state index is 13.4. The molecule has 0 fully saturated rings. The molecule has 0 spiro atoms. The van der Waals surface area contributed by atoms with Crippen LogP contribution in [0.15, 0.2) is 23.2 Å². The van der Waals surface area contributed by atoms with E-state index in [9.17, 15) is 18.8 Å². The van der Waals surface area contributed by atoms with Gasteiger partial charge in [-0.15, -0.1) is 0 Å². The van der Waals surface area contributed by atoms with Crippen molar-refractivity contribution in [2.24, 2.45) is 4.99 Å². The molecule has 84 valence electrons. The molecule has 6 heteroatoms. The summed E-state index contributed by atoms with van der Waals surface area (Å²) in [7, 11) is 0. The molecule has 1 aliphatic heterocycles. The Morgan fingerprint density at radius 1 is 1.38 bits per heavy atom. The number of benzene rings is 1. The first kappa shape index (κ1) is 10.7. The lowest BCUT2D eigenvalue weighted by molar-refractivity contribution is -0.125. The highest BCUT2D eigenvalue weighted by molar-refractivity contribution is 6.03. The number of hydrogen-bond acceptors (Lipinski definition) is 4. The largest absolute Gasteiger partial charge is 0.295 e. The first-order valence-corrected chi connectivity index (χ1v) is 4.56. The molecule has 1 aliphatic rings. The van der Waals surface area contributed by atoms with Crippen LogP contribution in [0.5, 0.6) is 0 Å². The van der Waals surface area contributed by atoms with E-state index >= 15 is 0 Å². The summed E-state index contributed by atoms with van der Waals surface area (Å²) < 4.78 is 26.3. The van der Waals surface area contributed by atoms with Crippen LogP contribution >= 0.6 is 0 Å². The number of amidine groups is 1. The molecule has 0 amide bonds. The normalized spacial score (nSPS) is 16.3. The number of halogens is 2. The van der Waals surface area contributed by atoms with Gasteiger partial charge in [0.1, 0.15) is 24.7 Å². The quantitative estimate of drug-likeness (QED) is 0.776. The van der Waals surface area contributed by atoms with Crippen LogP contribution in [-0.2, 0) is 4.79 Å². The first-order chi connectivity index (χ1) is 7.58. The van der Waals surface area contributed by atoms with Crippen molar-refractivity contribution in [1.82, 2.24) is 5.06 Å². The van der Waals surface area contributed by atoms with Gasteiger partial charge in [-0.05, 0) is 18.2 Å². The Kier molecular flexibility index (Phi) is 2.66. The van der Waals surface area contributed by atoms with E-state index in [1.807, 2.05) is 0 Å². The van der Waals surface area contributed by atoms with Crippen LogP contribution in [0.3, 0.4) is 0 Å². The molecular weight excluding hydrogens is 218 g/mol. The second-order valence-corrected chi connectivity index (χ2v) is 3.36. The minimum atomic E-state index is -0.700. The van der Waals surface area contributed by atoms with Gasteiger partial charge in [0.25, 0.3) is 0 Å². The van der Waals surface area contributed by atoms with Crippen molar-refractivity contribution in [2.45, 2.75) is 0 Å². The number of nitrogens with zero attached hydrogens (tertiary/aromatic N) is 2. The zero-order valence-corrected chi connectivity index (χ0v) is 8.15. The molecule has 1 N–H and O–H groups in total. The molecular formula is C10H8F2N2O2. The zero-order chi connectivity index (χ0) is 11.7. The van der Waals surface area contributed by atoms with Crippen molar-refractivity contribution >= 4 is 11.6 Å². The van der Waals surface area contributed by atoms with E-state index in [-0.39, 0.29) is 30.3 Å². The molecule has 0 saturated carbocycles. The van der Waals surface area contributed by atoms with E-state index in [1.165, 1.54) is 0 Å². The third-order valence-electron chi connectivity index (χ3n) is 2.15. The number of ketones is 1. The Morgan fingerprint density at radius 3 is 2.81 bits per heavy atom. The number of aliphatic imine (C=N–C) groups is 1. The predicted molar refractivity (Wildman–Crippen MR) is 51.3 cm³/mol. The standard InChI is InChI=1S/C10H8F2N2O2/c11-6-1-2-9(12)8(3-6)10-13-4-7(15)5-14(10)16/h1-3,16H,4-5H2. The Labute approximate surface area is 89.8 Å². The highest BCUT2D eigenvalue weighted by atomic mass is 19.1. The van der Waals surface area contributed by atoms with Gasteiger partial charge < -0.3 is 0 Å². The lowest BCUT2D eigenvalue weighted by Gasteiger charge is -2.22. The number of carbonyl (C=O) groups is 1. The van der Waals surface area contributed by atoms with Gasteiger partial charge in [-0.25, -0.2) is 13.8 Å². The Hall–Kier alpha value is -1.82. The molecule has 0 aliphatic carbocycles. The number of rotatable bonds is 1. The third-order valence-corrected chi connectivity index (χ3v) is 2.15. The molecule has 0 unspecified atom stereocenters. The average Bonchev–Trinajstić information content (AvgIpc) is 2.22. The number of hydroxylamine groups is 2. The van der Waals surface area contributed by atoms with Crippen LogP contribution in [-0.4, -0.2) is 35.0 Å². The van der Waals surface area contributed by atoms with Gasteiger partial charge in [0, 0.05) is 0 Å². The van der Waals surface area contributed by atoms with Crippen molar-refractivity contribution < 1.29 is 18.8 Å². The van der Waals surface area contributed by atoms with Crippen LogP contribution in [0.2, 0.25) is 0 Å². The third kappa shape index (κ3) is 1.92. The molecule has 1 aromatic carbocycles. The SMILES string of the molecule is O=C1CN=C(c2cc(F)ccc2F)N(O)C1. The Morgan fingerprint density at radius 2 is 2.12 bits per heavy atom. The average molecular weight is 226 g/mol. The molecule has 0 bridgehead atoms. The van der Waals surface area contributed by atoms with E-state index in [2.05, 4.69) is 4.99 Å². The van der Waals surface area contributed by atoms with Crippen LogP contribution in [0, 0.1) is 11.6 Å². The van der Waals surface area contributed by atoms with Gasteiger partial charge in [-0.1, -0.05) is 0 Å². The van der Waals surface area contributed by atoms with E-state index < -0.39 is 11.6 Å². The van der Waals surface area contributed by atoms with E-state index in [0.717, 1.165) is 18.2 Å². The molecule has 4 nitrogen and oxygen atoms in total. The van der Waals surface area contributed by atoms with Gasteiger partial charge >= 0.3 is 0 Å². The van der Waals surface area contributed by atoms with Crippen molar-refractivity contribution in [3.8, 4) is 0 Å². The molecule has 1 heterocycles. The number of hydrogen-bond donors (Lipinski definition) is 1. The summed E-state index contributed by atoms with van der Waals surface area (Å²) in [5.74, 6) is -1.75. The van der Waals surface area contributed by atoms with Crippen molar-refractivity contribution in [2.75, 3.05) is 13.1 Å². The summed E-state index contributed by atoms with van der Waals surface area (Å²) in [5, 5.41) is 9.92. The topological polar surface area (TPSA) is 52.9 Å². The molecule has 2 rings (SSSR count). The van der Waals surface area contributed by atoms with Crippen molar-refractivity contribution in [1.29, 1.82) is 0 Å². The second-order valence-electron chi connectivity index (χ2n) is 3.36. The Balaban J connectivity index is 2.44. The fraction of sp³-hybridized carbons (Fsp3) is 0.200. The second kappa shape index (κ2) is 3.97. The van der Waals surface area contributed by atoms with Crippen LogP contribution in [0.1, 0.15) is 5.56 Å². The van der Waals surface area contributed by atoms with E-state index in [4.69, 9.17) is 0 Å². The van der Waals surface area contributed by atoms with Gasteiger partial charge in [-0.2, -0.15) is 0 Å². The number of carbonyl (C=O) groups excluding carboxylic acids is 1. The minimum absolute atomic E-state index is 0.128. The van der Waals surface area contributed by atoms with Gasteiger partial charge in [-0.3, -0.25) is 15.0 Å². The molecule has 0 aromatic heterocycles. The highest BCUT2D eigenvalue weighted by Gasteiger charge is 2.22. The van der Waals surface area contributed by atoms with Crippen LogP contribution in [0.25, 0.3) is 0 Å². The van der Waals surface area contributed by atoms with Crippen LogP contribution < -0.4 is 0 Å². The fourth-order valence-electron chi connectivity index (χ4n) is 1.43. The summed E-state index contributed by atoms with van der Waals surface area (Å²) in [6.07, 6.45) is 0. The van der Waals surface area contributed by atoms with E-state index in [1.54, 1.807) is 0 Å². The van der Waals surface area contributed by atoms with Gasteiger partial charge in [0.05, 0.1) is 5.56 Å². The molecule has 0 saturated heterocycles. The fourth-order valence-corrected chi connectivity index (χ4v) is 1.43. The minimum Gasteiger partial charge on any atom is -0.295 e. The molecule has 0 radical (unpaired) electrons. The monoisotopic (exact) mass is 226 g/mol. The van der Waals surface area contributed by atoms with Gasteiger partial charge in [0.2, 0.25) is 0 Å². The molecule has 1 aromatic rings. The first-order valence-electron chi connectivity index (χ1n) is 4.56. The summed E-state index contributed by atoms with van der Waals surface area (Å²) in [5.41, 5.74) is -0.157. The summed E-state index contributed by atoms with van der Waals surface area (Å²) in [6.45, 7) is -0.406. The lowest BCUT2D eigenvalue weighted by atomic mass is 10.1. The van der Waals surface area contributed by atoms with Crippen molar-refractivity contribution in [3.05, 3.63) is 35.4 Å². The zero-order valence-electron chi connectivity index (χ0n) is 8.15.